The van der Waals surface area contributed by atoms with Crippen LogP contribution in [0.5, 0.6) is 0 Å². The summed E-state index contributed by atoms with van der Waals surface area (Å²) in [7, 11) is 1.36. The molecule has 0 saturated heterocycles. The van der Waals surface area contributed by atoms with Crippen molar-refractivity contribution in [1.29, 1.82) is 0 Å². The summed E-state index contributed by atoms with van der Waals surface area (Å²) in [5.74, 6) is -0.431. The second-order valence-corrected chi connectivity index (χ2v) is 4.52. The number of hydrogen-bond acceptors (Lipinski definition) is 3. The van der Waals surface area contributed by atoms with Gasteiger partial charge in [0.2, 0.25) is 0 Å². The zero-order chi connectivity index (χ0) is 14.0. The molecule has 0 fully saturated rings. The predicted molar refractivity (Wildman–Crippen MR) is 73.1 cm³/mol. The molecule has 0 aliphatic rings. The number of amides is 1. The molecule has 0 saturated carbocycles. The fourth-order valence-electron chi connectivity index (χ4n) is 2.11. The van der Waals surface area contributed by atoms with Gasteiger partial charge in [-0.05, 0) is 31.4 Å². The fourth-order valence-corrected chi connectivity index (χ4v) is 2.11. The highest BCUT2D eigenvalue weighted by atomic mass is 16.6. The normalized spacial score (nSPS) is 10.9. The third-order valence-electron chi connectivity index (χ3n) is 2.91. The third kappa shape index (κ3) is 2.37. The van der Waals surface area contributed by atoms with Gasteiger partial charge < -0.3 is 4.57 Å². The summed E-state index contributed by atoms with van der Waals surface area (Å²) < 4.78 is 1.47. The molecule has 0 aliphatic carbocycles. The first-order chi connectivity index (χ1) is 9.06. The first-order valence-electron chi connectivity index (χ1n) is 6.04. The Morgan fingerprint density at radius 3 is 2.63 bits per heavy atom. The number of nitrogens with zero attached hydrogens (tertiary/aromatic N) is 1. The van der Waals surface area contributed by atoms with Crippen LogP contribution in [0.25, 0.3) is 10.8 Å². The Morgan fingerprint density at radius 1 is 1.32 bits per heavy atom. The van der Waals surface area contributed by atoms with Gasteiger partial charge in [-0.3, -0.25) is 14.4 Å². The maximum atomic E-state index is 12.4. The molecule has 1 aromatic heterocycles. The Morgan fingerprint density at radius 2 is 2.00 bits per heavy atom. The first-order valence-corrected chi connectivity index (χ1v) is 6.04. The molecule has 0 atom stereocenters. The second kappa shape index (κ2) is 5.24. The molecule has 2 aromatic rings. The van der Waals surface area contributed by atoms with Gasteiger partial charge in [0.05, 0.1) is 7.11 Å². The Labute approximate surface area is 110 Å². The van der Waals surface area contributed by atoms with Gasteiger partial charge in [0.1, 0.15) is 5.69 Å². The maximum Gasteiger partial charge on any atom is 0.291 e. The summed E-state index contributed by atoms with van der Waals surface area (Å²) in [4.78, 5) is 29.0. The lowest BCUT2D eigenvalue weighted by Gasteiger charge is -2.16. The number of rotatable bonds is 3. The topological polar surface area (TPSA) is 60.3 Å². The summed E-state index contributed by atoms with van der Waals surface area (Å²) in [5.41, 5.74) is 2.37. The highest BCUT2D eigenvalue weighted by Crippen LogP contribution is 2.15. The quantitative estimate of drug-likeness (QED) is 0.857. The Balaban J connectivity index is 2.78. The summed E-state index contributed by atoms with van der Waals surface area (Å²) in [6.45, 7) is 3.72. The standard InChI is InChI=1S/C14H16N2O3/c1-9(2)16-12(13(17)15-19-3)8-10-6-4-5-7-11(10)14(16)18/h4-9H,1-3H3,(H,15,17). The van der Waals surface area contributed by atoms with E-state index in [0.29, 0.717) is 11.1 Å². The lowest BCUT2D eigenvalue weighted by molar-refractivity contribution is 0.0525. The Kier molecular flexibility index (Phi) is 3.66. The number of nitrogens with one attached hydrogen (secondary N) is 1. The lowest BCUT2D eigenvalue weighted by atomic mass is 10.1. The van der Waals surface area contributed by atoms with E-state index in [2.05, 4.69) is 10.3 Å². The van der Waals surface area contributed by atoms with E-state index in [1.54, 1.807) is 12.1 Å². The van der Waals surface area contributed by atoms with Crippen LogP contribution in [0.1, 0.15) is 30.4 Å². The van der Waals surface area contributed by atoms with Crippen LogP contribution in [-0.2, 0) is 4.84 Å². The highest BCUT2D eigenvalue weighted by Gasteiger charge is 2.17. The average Bonchev–Trinajstić information content (AvgIpc) is 2.38. The van der Waals surface area contributed by atoms with Gasteiger partial charge in [-0.1, -0.05) is 18.2 Å². The summed E-state index contributed by atoms with van der Waals surface area (Å²) >= 11 is 0. The van der Waals surface area contributed by atoms with Crippen molar-refractivity contribution in [1.82, 2.24) is 10.0 Å². The van der Waals surface area contributed by atoms with Gasteiger partial charge in [0.15, 0.2) is 0 Å². The summed E-state index contributed by atoms with van der Waals surface area (Å²) in [5, 5.41) is 1.34. The van der Waals surface area contributed by atoms with Crippen LogP contribution in [0.2, 0.25) is 0 Å². The van der Waals surface area contributed by atoms with Gasteiger partial charge in [0, 0.05) is 11.4 Å². The van der Waals surface area contributed by atoms with E-state index in [-0.39, 0.29) is 11.6 Å². The van der Waals surface area contributed by atoms with Crippen LogP contribution in [0, 0.1) is 0 Å². The minimum atomic E-state index is -0.431. The molecule has 0 bridgehead atoms. The summed E-state index contributed by atoms with van der Waals surface area (Å²) in [6.07, 6.45) is 0. The largest absolute Gasteiger partial charge is 0.301 e. The number of aromatic nitrogens is 1. The van der Waals surface area contributed by atoms with E-state index in [4.69, 9.17) is 0 Å². The van der Waals surface area contributed by atoms with E-state index >= 15 is 0 Å². The van der Waals surface area contributed by atoms with Gasteiger partial charge >= 0.3 is 0 Å². The molecule has 1 N–H and O–H groups in total. The molecule has 1 aromatic carbocycles. The van der Waals surface area contributed by atoms with E-state index in [9.17, 15) is 9.59 Å². The number of fused-ring (bicyclic) bond motifs is 1. The van der Waals surface area contributed by atoms with Crippen LogP contribution in [0.4, 0.5) is 0 Å². The minimum absolute atomic E-state index is 0.116. The van der Waals surface area contributed by atoms with E-state index in [1.807, 2.05) is 32.0 Å². The molecule has 5 nitrogen and oxygen atoms in total. The van der Waals surface area contributed by atoms with Crippen LogP contribution in [0.3, 0.4) is 0 Å². The molecular formula is C14H16N2O3. The van der Waals surface area contributed by atoms with Crippen molar-refractivity contribution in [3.63, 3.8) is 0 Å². The van der Waals surface area contributed by atoms with Crippen molar-refractivity contribution in [2.24, 2.45) is 0 Å². The molecule has 1 heterocycles. The monoisotopic (exact) mass is 260 g/mol. The Hall–Kier alpha value is -2.14. The molecule has 100 valence electrons. The third-order valence-corrected chi connectivity index (χ3v) is 2.91. The SMILES string of the molecule is CONC(=O)c1cc2ccccc2c(=O)n1C(C)C. The van der Waals surface area contributed by atoms with Gasteiger partial charge in [-0.15, -0.1) is 0 Å². The van der Waals surface area contributed by atoms with Crippen molar-refractivity contribution < 1.29 is 9.63 Å². The Bertz CT molecular complexity index is 674. The van der Waals surface area contributed by atoms with Crippen molar-refractivity contribution in [3.05, 3.63) is 46.4 Å². The van der Waals surface area contributed by atoms with Crippen LogP contribution in [0.15, 0.2) is 35.1 Å². The zero-order valence-electron chi connectivity index (χ0n) is 11.1. The number of carbonyl (C=O) groups excluding carboxylic acids is 1. The molecule has 0 radical (unpaired) electrons. The van der Waals surface area contributed by atoms with Crippen molar-refractivity contribution >= 4 is 16.7 Å². The molecule has 0 unspecified atom stereocenters. The van der Waals surface area contributed by atoms with Gasteiger partial charge in [-0.2, -0.15) is 0 Å². The number of pyridine rings is 1. The highest BCUT2D eigenvalue weighted by molar-refractivity contribution is 5.96. The zero-order valence-corrected chi connectivity index (χ0v) is 11.1. The van der Waals surface area contributed by atoms with Crippen LogP contribution in [-0.4, -0.2) is 17.6 Å². The van der Waals surface area contributed by atoms with E-state index < -0.39 is 5.91 Å². The van der Waals surface area contributed by atoms with Crippen LogP contribution < -0.4 is 11.0 Å². The maximum absolute atomic E-state index is 12.4. The molecule has 2 rings (SSSR count). The molecule has 0 spiro atoms. The number of hydroxylamine groups is 1. The lowest BCUT2D eigenvalue weighted by Crippen LogP contribution is -2.32. The second-order valence-electron chi connectivity index (χ2n) is 4.52. The minimum Gasteiger partial charge on any atom is -0.301 e. The fraction of sp³-hybridized carbons (Fsp3) is 0.286. The van der Waals surface area contributed by atoms with Gasteiger partial charge in [-0.25, -0.2) is 5.48 Å². The molecule has 0 aliphatic heterocycles. The average molecular weight is 260 g/mol. The van der Waals surface area contributed by atoms with Crippen LogP contribution >= 0.6 is 0 Å². The molecule has 1 amide bonds. The molecule has 19 heavy (non-hydrogen) atoms. The number of benzene rings is 1. The summed E-state index contributed by atoms with van der Waals surface area (Å²) in [6, 6.07) is 8.79. The van der Waals surface area contributed by atoms with Gasteiger partial charge in [0.25, 0.3) is 11.5 Å². The smallest absolute Gasteiger partial charge is 0.291 e. The first kappa shape index (κ1) is 13.3. The molecule has 5 heteroatoms. The number of carbonyl (C=O) groups is 1. The van der Waals surface area contributed by atoms with E-state index in [1.165, 1.54) is 11.7 Å². The van der Waals surface area contributed by atoms with Crippen molar-refractivity contribution in [3.8, 4) is 0 Å². The van der Waals surface area contributed by atoms with E-state index in [0.717, 1.165) is 5.39 Å². The van der Waals surface area contributed by atoms with Crippen molar-refractivity contribution in [2.45, 2.75) is 19.9 Å². The number of hydrogen-bond donors (Lipinski definition) is 1. The van der Waals surface area contributed by atoms with Crippen molar-refractivity contribution in [2.75, 3.05) is 7.11 Å². The predicted octanol–water partition coefficient (Wildman–Crippen LogP) is 1.87. The molecular weight excluding hydrogens is 244 g/mol.